The average molecular weight is 215 g/mol. The summed E-state index contributed by atoms with van der Waals surface area (Å²) >= 11 is 5.65. The number of hydrogen-bond donors (Lipinski definition) is 0. The van der Waals surface area contributed by atoms with E-state index in [0.717, 1.165) is 18.2 Å². The van der Waals surface area contributed by atoms with Crippen LogP contribution in [0, 0.1) is 5.92 Å². The Morgan fingerprint density at radius 2 is 2.43 bits per heavy atom. The summed E-state index contributed by atoms with van der Waals surface area (Å²) in [5, 5.41) is 0. The Morgan fingerprint density at radius 3 is 2.93 bits per heavy atom. The summed E-state index contributed by atoms with van der Waals surface area (Å²) in [5.74, 6) is 1.24. The topological polar surface area (TPSA) is 29.3 Å². The lowest BCUT2D eigenvalue weighted by Gasteiger charge is -2.29. The van der Waals surface area contributed by atoms with Crippen LogP contribution >= 0.6 is 11.6 Å². The predicted molar refractivity (Wildman–Crippen MR) is 56.7 cm³/mol. The number of hydrogen-bond acceptors (Lipinski definition) is 3. The minimum Gasteiger partial charge on any atom is -0.432 e. The molecule has 1 aliphatic rings. The van der Waals surface area contributed by atoms with Gasteiger partial charge in [0.05, 0.1) is 11.6 Å². The van der Waals surface area contributed by atoms with E-state index in [2.05, 4.69) is 9.88 Å². The Labute approximate surface area is 89.1 Å². The summed E-state index contributed by atoms with van der Waals surface area (Å²) in [6, 6.07) is 0.688. The van der Waals surface area contributed by atoms with E-state index in [0.29, 0.717) is 11.9 Å². The van der Waals surface area contributed by atoms with Gasteiger partial charge in [0.2, 0.25) is 0 Å². The van der Waals surface area contributed by atoms with Crippen molar-refractivity contribution in [2.75, 3.05) is 18.5 Å². The maximum atomic E-state index is 5.65. The third-order valence-corrected chi connectivity index (χ3v) is 3.03. The van der Waals surface area contributed by atoms with Crippen LogP contribution in [0.25, 0.3) is 0 Å². The third kappa shape index (κ3) is 2.03. The molecule has 1 aliphatic carbocycles. The van der Waals surface area contributed by atoms with Crippen LogP contribution in [0.2, 0.25) is 0 Å². The molecule has 14 heavy (non-hydrogen) atoms. The normalized spacial score (nSPS) is 16.7. The van der Waals surface area contributed by atoms with Crippen molar-refractivity contribution in [2.24, 2.45) is 5.92 Å². The van der Waals surface area contributed by atoms with Gasteiger partial charge in [-0.2, -0.15) is 4.98 Å². The Hall–Kier alpha value is -0.700. The second-order valence-electron chi connectivity index (χ2n) is 3.93. The molecule has 0 aromatic carbocycles. The van der Waals surface area contributed by atoms with Crippen molar-refractivity contribution >= 4 is 17.6 Å². The summed E-state index contributed by atoms with van der Waals surface area (Å²) in [6.07, 6.45) is 5.68. The molecule has 1 heterocycles. The van der Waals surface area contributed by atoms with Crippen LogP contribution in [0.5, 0.6) is 0 Å². The lowest BCUT2D eigenvalue weighted by Crippen LogP contribution is -2.29. The molecular formula is C10H15ClN2O. The molecule has 0 amide bonds. The minimum absolute atomic E-state index is 0.417. The fraction of sp³-hybridized carbons (Fsp3) is 0.700. The molecule has 3 nitrogen and oxygen atoms in total. The van der Waals surface area contributed by atoms with Gasteiger partial charge < -0.3 is 9.32 Å². The first-order chi connectivity index (χ1) is 6.79. The number of rotatable bonds is 4. The van der Waals surface area contributed by atoms with Crippen molar-refractivity contribution in [1.82, 2.24) is 4.98 Å². The zero-order valence-corrected chi connectivity index (χ0v) is 9.13. The Morgan fingerprint density at radius 1 is 1.64 bits per heavy atom. The number of nitrogens with zero attached hydrogens (tertiary/aromatic N) is 2. The van der Waals surface area contributed by atoms with Crippen molar-refractivity contribution in [3.63, 3.8) is 0 Å². The van der Waals surface area contributed by atoms with E-state index in [1.54, 1.807) is 6.26 Å². The molecule has 0 N–H and O–H groups in total. The van der Waals surface area contributed by atoms with Crippen LogP contribution in [0.4, 0.5) is 6.01 Å². The van der Waals surface area contributed by atoms with Gasteiger partial charge >= 0.3 is 0 Å². The molecule has 0 saturated heterocycles. The number of anilines is 1. The fourth-order valence-corrected chi connectivity index (χ4v) is 1.80. The Kier molecular flexibility index (Phi) is 2.96. The molecule has 1 fully saturated rings. The summed E-state index contributed by atoms with van der Waals surface area (Å²) in [5.41, 5.74) is 0.808. The van der Waals surface area contributed by atoms with Gasteiger partial charge in [-0.25, -0.2) is 0 Å². The van der Waals surface area contributed by atoms with Crippen LogP contribution in [0.3, 0.4) is 0 Å². The number of halogens is 1. The highest BCUT2D eigenvalue weighted by Crippen LogP contribution is 2.28. The summed E-state index contributed by atoms with van der Waals surface area (Å²) < 4.78 is 5.32. The summed E-state index contributed by atoms with van der Waals surface area (Å²) in [6.45, 7) is 1.04. The first-order valence-corrected chi connectivity index (χ1v) is 5.54. The van der Waals surface area contributed by atoms with Gasteiger partial charge in [-0.05, 0) is 18.8 Å². The smallest absolute Gasteiger partial charge is 0.297 e. The van der Waals surface area contributed by atoms with Crippen molar-refractivity contribution in [3.05, 3.63) is 12.0 Å². The molecule has 4 heteroatoms. The van der Waals surface area contributed by atoms with E-state index in [1.807, 2.05) is 7.05 Å². The molecule has 0 radical (unpaired) electrons. The van der Waals surface area contributed by atoms with Crippen molar-refractivity contribution < 1.29 is 4.42 Å². The van der Waals surface area contributed by atoms with Crippen LogP contribution in [-0.4, -0.2) is 18.6 Å². The fourth-order valence-electron chi connectivity index (χ4n) is 1.67. The first-order valence-electron chi connectivity index (χ1n) is 5.01. The standard InChI is InChI=1S/C10H15ClN2O/c1-13(6-8-3-2-4-8)10-12-9(5-11)7-14-10/h7-8H,2-6H2,1H3. The molecule has 0 unspecified atom stereocenters. The molecule has 2 rings (SSSR count). The minimum atomic E-state index is 0.417. The van der Waals surface area contributed by atoms with E-state index in [4.69, 9.17) is 16.0 Å². The Balaban J connectivity index is 1.92. The zero-order chi connectivity index (χ0) is 9.97. The lowest BCUT2D eigenvalue weighted by atomic mass is 9.85. The van der Waals surface area contributed by atoms with E-state index in [1.165, 1.54) is 19.3 Å². The van der Waals surface area contributed by atoms with Gasteiger partial charge in [-0.3, -0.25) is 0 Å². The molecule has 0 aliphatic heterocycles. The van der Waals surface area contributed by atoms with E-state index in [9.17, 15) is 0 Å². The van der Waals surface area contributed by atoms with Crippen LogP contribution in [0.15, 0.2) is 10.7 Å². The number of alkyl halides is 1. The highest BCUT2D eigenvalue weighted by molar-refractivity contribution is 6.16. The van der Waals surface area contributed by atoms with E-state index < -0.39 is 0 Å². The van der Waals surface area contributed by atoms with Crippen molar-refractivity contribution in [1.29, 1.82) is 0 Å². The first kappa shape index (κ1) is 9.84. The second-order valence-corrected chi connectivity index (χ2v) is 4.20. The highest BCUT2D eigenvalue weighted by atomic mass is 35.5. The zero-order valence-electron chi connectivity index (χ0n) is 8.37. The van der Waals surface area contributed by atoms with Crippen molar-refractivity contribution in [3.8, 4) is 0 Å². The van der Waals surface area contributed by atoms with Gasteiger partial charge in [0.15, 0.2) is 0 Å². The molecule has 0 spiro atoms. The van der Waals surface area contributed by atoms with Gasteiger partial charge in [-0.1, -0.05) is 6.42 Å². The maximum absolute atomic E-state index is 5.65. The second kappa shape index (κ2) is 4.22. The summed E-state index contributed by atoms with van der Waals surface area (Å²) in [4.78, 5) is 6.34. The molecule has 1 aromatic heterocycles. The predicted octanol–water partition coefficient (Wildman–Crippen LogP) is 2.65. The summed E-state index contributed by atoms with van der Waals surface area (Å²) in [7, 11) is 2.02. The van der Waals surface area contributed by atoms with Crippen LogP contribution in [-0.2, 0) is 5.88 Å². The SMILES string of the molecule is CN(CC1CCC1)c1nc(CCl)co1. The van der Waals surface area contributed by atoms with Crippen LogP contribution in [0.1, 0.15) is 25.0 Å². The van der Waals surface area contributed by atoms with Crippen LogP contribution < -0.4 is 4.90 Å². The van der Waals surface area contributed by atoms with E-state index >= 15 is 0 Å². The van der Waals surface area contributed by atoms with Gasteiger partial charge in [-0.15, -0.1) is 11.6 Å². The Bertz CT molecular complexity index is 296. The van der Waals surface area contributed by atoms with Gasteiger partial charge in [0, 0.05) is 13.6 Å². The van der Waals surface area contributed by atoms with Gasteiger partial charge in [0.25, 0.3) is 6.01 Å². The van der Waals surface area contributed by atoms with E-state index in [-0.39, 0.29) is 0 Å². The monoisotopic (exact) mass is 214 g/mol. The molecule has 78 valence electrons. The van der Waals surface area contributed by atoms with Crippen molar-refractivity contribution in [2.45, 2.75) is 25.1 Å². The molecule has 0 atom stereocenters. The average Bonchev–Trinajstić information content (AvgIpc) is 2.59. The molecule has 1 saturated carbocycles. The quantitative estimate of drug-likeness (QED) is 0.722. The molecule has 1 aromatic rings. The number of aromatic nitrogens is 1. The largest absolute Gasteiger partial charge is 0.432 e. The lowest BCUT2D eigenvalue weighted by molar-refractivity contribution is 0.316. The maximum Gasteiger partial charge on any atom is 0.297 e. The number of oxazole rings is 1. The molecule has 0 bridgehead atoms. The molecular weight excluding hydrogens is 200 g/mol. The van der Waals surface area contributed by atoms with Gasteiger partial charge in [0.1, 0.15) is 6.26 Å². The highest BCUT2D eigenvalue weighted by Gasteiger charge is 2.20. The third-order valence-electron chi connectivity index (χ3n) is 2.76.